The Bertz CT molecular complexity index is 1020. The second-order valence-corrected chi connectivity index (χ2v) is 7.33. The lowest BCUT2D eigenvalue weighted by Gasteiger charge is -2.15. The molecule has 1 amide bonds. The Morgan fingerprint density at radius 2 is 1.83 bits per heavy atom. The largest absolute Gasteiger partial charge is 0.508 e. The topological polar surface area (TPSA) is 107 Å². The minimum Gasteiger partial charge on any atom is -0.508 e. The maximum Gasteiger partial charge on any atom is 0.335 e. The van der Waals surface area contributed by atoms with Gasteiger partial charge in [-0.2, -0.15) is 5.10 Å². The first-order valence-corrected chi connectivity index (χ1v) is 9.46. The SMILES string of the molecule is O=C(O)c1ccc(CC2CCN(C(=O)c3cc(-c4ccc(O)cc4)n[nH]3)C2)cc1. The number of hydrogen-bond donors (Lipinski definition) is 3. The van der Waals surface area contributed by atoms with Crippen LogP contribution in [0.1, 0.15) is 32.8 Å². The fraction of sp³-hybridized carbons (Fsp3) is 0.227. The summed E-state index contributed by atoms with van der Waals surface area (Å²) in [4.78, 5) is 25.6. The second kappa shape index (κ2) is 7.79. The van der Waals surface area contributed by atoms with Crippen LogP contribution in [0, 0.1) is 5.92 Å². The van der Waals surface area contributed by atoms with E-state index in [1.807, 2.05) is 17.0 Å². The van der Waals surface area contributed by atoms with Crippen molar-refractivity contribution in [2.45, 2.75) is 12.8 Å². The van der Waals surface area contributed by atoms with E-state index >= 15 is 0 Å². The van der Waals surface area contributed by atoms with Crippen LogP contribution in [0.3, 0.4) is 0 Å². The van der Waals surface area contributed by atoms with Gasteiger partial charge in [0.1, 0.15) is 11.4 Å². The molecule has 1 aromatic heterocycles. The van der Waals surface area contributed by atoms with E-state index in [1.54, 1.807) is 42.5 Å². The number of aromatic hydroxyl groups is 1. The third kappa shape index (κ3) is 4.13. The summed E-state index contributed by atoms with van der Waals surface area (Å²) in [6, 6.07) is 15.3. The van der Waals surface area contributed by atoms with Crippen molar-refractivity contribution in [3.8, 4) is 17.0 Å². The lowest BCUT2D eigenvalue weighted by Crippen LogP contribution is -2.29. The molecule has 2 heterocycles. The van der Waals surface area contributed by atoms with Crippen LogP contribution in [0.25, 0.3) is 11.3 Å². The highest BCUT2D eigenvalue weighted by molar-refractivity contribution is 5.93. The van der Waals surface area contributed by atoms with Gasteiger partial charge < -0.3 is 15.1 Å². The lowest BCUT2D eigenvalue weighted by atomic mass is 9.98. The number of likely N-dealkylation sites (tertiary alicyclic amines) is 1. The van der Waals surface area contributed by atoms with Crippen LogP contribution in [0.5, 0.6) is 5.75 Å². The molecule has 1 fully saturated rings. The number of carbonyl (C=O) groups is 2. The summed E-state index contributed by atoms with van der Waals surface area (Å²) in [6.07, 6.45) is 1.72. The van der Waals surface area contributed by atoms with Crippen LogP contribution in [0.4, 0.5) is 0 Å². The molecule has 2 aromatic carbocycles. The summed E-state index contributed by atoms with van der Waals surface area (Å²) in [5.41, 5.74) is 3.27. The second-order valence-electron chi connectivity index (χ2n) is 7.33. The van der Waals surface area contributed by atoms with Crippen LogP contribution in [-0.4, -0.2) is 50.3 Å². The number of phenolic OH excluding ortho intramolecular Hbond substituents is 1. The zero-order valence-electron chi connectivity index (χ0n) is 15.7. The maximum absolute atomic E-state index is 12.8. The number of benzene rings is 2. The van der Waals surface area contributed by atoms with Crippen molar-refractivity contribution in [2.24, 2.45) is 5.92 Å². The minimum absolute atomic E-state index is 0.0775. The van der Waals surface area contributed by atoms with Gasteiger partial charge in [-0.05, 0) is 66.8 Å². The number of nitrogens with one attached hydrogen (secondary N) is 1. The molecule has 1 saturated heterocycles. The number of phenols is 1. The molecule has 1 atom stereocenters. The molecule has 0 aliphatic carbocycles. The molecular formula is C22H21N3O4. The Hall–Kier alpha value is -3.61. The van der Waals surface area contributed by atoms with Crippen molar-refractivity contribution in [3.05, 3.63) is 71.4 Å². The van der Waals surface area contributed by atoms with Gasteiger partial charge in [-0.15, -0.1) is 0 Å². The van der Waals surface area contributed by atoms with Crippen molar-refractivity contribution in [1.29, 1.82) is 0 Å². The van der Waals surface area contributed by atoms with Crippen molar-refractivity contribution in [2.75, 3.05) is 13.1 Å². The van der Waals surface area contributed by atoms with Crippen LogP contribution in [0.15, 0.2) is 54.6 Å². The molecule has 4 rings (SSSR count). The Labute approximate surface area is 167 Å². The summed E-state index contributed by atoms with van der Waals surface area (Å²) >= 11 is 0. The number of carboxylic acid groups (broad SMARTS) is 1. The van der Waals surface area contributed by atoms with E-state index in [-0.39, 0.29) is 17.2 Å². The van der Waals surface area contributed by atoms with E-state index in [2.05, 4.69) is 10.2 Å². The van der Waals surface area contributed by atoms with Crippen molar-refractivity contribution >= 4 is 11.9 Å². The molecule has 7 heteroatoms. The molecule has 0 saturated carbocycles. The molecule has 1 unspecified atom stereocenters. The van der Waals surface area contributed by atoms with Gasteiger partial charge in [-0.3, -0.25) is 9.89 Å². The molecule has 3 aromatic rings. The number of aromatic carboxylic acids is 1. The lowest BCUT2D eigenvalue weighted by molar-refractivity contribution is 0.0696. The van der Waals surface area contributed by atoms with Crippen LogP contribution >= 0.6 is 0 Å². The summed E-state index contributed by atoms with van der Waals surface area (Å²) in [6.45, 7) is 1.34. The first kappa shape index (κ1) is 18.7. The molecule has 29 heavy (non-hydrogen) atoms. The Morgan fingerprint density at radius 1 is 1.10 bits per heavy atom. The highest BCUT2D eigenvalue weighted by Crippen LogP contribution is 2.24. The molecule has 7 nitrogen and oxygen atoms in total. The predicted octanol–water partition coefficient (Wildman–Crippen LogP) is 3.19. The summed E-state index contributed by atoms with van der Waals surface area (Å²) in [5.74, 6) is -0.484. The van der Waals surface area contributed by atoms with E-state index in [0.29, 0.717) is 30.4 Å². The first-order valence-electron chi connectivity index (χ1n) is 9.46. The Morgan fingerprint density at radius 3 is 2.52 bits per heavy atom. The number of nitrogens with zero attached hydrogens (tertiary/aromatic N) is 2. The average molecular weight is 391 g/mol. The quantitative estimate of drug-likeness (QED) is 0.619. The fourth-order valence-electron chi connectivity index (χ4n) is 3.68. The number of rotatable bonds is 5. The number of amides is 1. The molecule has 3 N–H and O–H groups in total. The number of H-pyrrole nitrogens is 1. The monoisotopic (exact) mass is 391 g/mol. The third-order valence-corrected chi connectivity index (χ3v) is 5.27. The smallest absolute Gasteiger partial charge is 0.335 e. The summed E-state index contributed by atoms with van der Waals surface area (Å²) in [7, 11) is 0. The predicted molar refractivity (Wildman–Crippen MR) is 107 cm³/mol. The zero-order chi connectivity index (χ0) is 20.4. The highest BCUT2D eigenvalue weighted by Gasteiger charge is 2.28. The van der Waals surface area contributed by atoms with Crippen molar-refractivity contribution in [1.82, 2.24) is 15.1 Å². The fourth-order valence-corrected chi connectivity index (χ4v) is 3.68. The molecular weight excluding hydrogens is 370 g/mol. The van der Waals surface area contributed by atoms with E-state index in [4.69, 9.17) is 5.11 Å². The van der Waals surface area contributed by atoms with Gasteiger partial charge in [-0.1, -0.05) is 12.1 Å². The first-order chi connectivity index (χ1) is 14.0. The van der Waals surface area contributed by atoms with Gasteiger partial charge in [0.2, 0.25) is 0 Å². The normalized spacial score (nSPS) is 16.1. The summed E-state index contributed by atoms with van der Waals surface area (Å²) < 4.78 is 0. The van der Waals surface area contributed by atoms with E-state index < -0.39 is 5.97 Å². The average Bonchev–Trinajstić information content (AvgIpc) is 3.38. The summed E-state index contributed by atoms with van der Waals surface area (Å²) in [5, 5.41) is 25.4. The maximum atomic E-state index is 12.8. The number of hydrogen-bond acceptors (Lipinski definition) is 4. The van der Waals surface area contributed by atoms with E-state index in [1.165, 1.54) is 0 Å². The third-order valence-electron chi connectivity index (χ3n) is 5.27. The number of carboxylic acids is 1. The number of carbonyl (C=O) groups excluding carboxylic acids is 1. The van der Waals surface area contributed by atoms with Crippen molar-refractivity contribution < 1.29 is 19.8 Å². The molecule has 1 aliphatic heterocycles. The zero-order valence-corrected chi connectivity index (χ0v) is 15.7. The van der Waals surface area contributed by atoms with Gasteiger partial charge in [-0.25, -0.2) is 4.79 Å². The Kier molecular flexibility index (Phi) is 5.03. The molecule has 0 spiro atoms. The van der Waals surface area contributed by atoms with Crippen LogP contribution in [0.2, 0.25) is 0 Å². The highest BCUT2D eigenvalue weighted by atomic mass is 16.4. The van der Waals surface area contributed by atoms with E-state index in [9.17, 15) is 14.7 Å². The minimum atomic E-state index is -0.930. The van der Waals surface area contributed by atoms with Gasteiger partial charge >= 0.3 is 5.97 Å². The Balaban J connectivity index is 1.38. The standard InChI is InChI=1S/C22H21N3O4/c26-18-7-5-16(6-8-18)19-12-20(24-23-19)21(27)25-10-9-15(13-25)11-14-1-3-17(4-2-14)22(28)29/h1-8,12,15,26H,9-11,13H2,(H,23,24)(H,28,29). The van der Waals surface area contributed by atoms with Gasteiger partial charge in [0.15, 0.2) is 0 Å². The molecule has 0 bridgehead atoms. The van der Waals surface area contributed by atoms with Gasteiger partial charge in [0.05, 0.1) is 11.3 Å². The van der Waals surface area contributed by atoms with Gasteiger partial charge in [0.25, 0.3) is 5.91 Å². The molecule has 148 valence electrons. The number of aromatic nitrogens is 2. The van der Waals surface area contributed by atoms with Gasteiger partial charge in [0, 0.05) is 18.7 Å². The van der Waals surface area contributed by atoms with Crippen LogP contribution < -0.4 is 0 Å². The number of aromatic amines is 1. The van der Waals surface area contributed by atoms with Crippen LogP contribution in [-0.2, 0) is 6.42 Å². The van der Waals surface area contributed by atoms with E-state index in [0.717, 1.165) is 24.0 Å². The van der Waals surface area contributed by atoms with Crippen molar-refractivity contribution in [3.63, 3.8) is 0 Å². The molecule has 1 aliphatic rings. The molecule has 0 radical (unpaired) electrons.